The summed E-state index contributed by atoms with van der Waals surface area (Å²) in [6.07, 6.45) is 5.38. The van der Waals surface area contributed by atoms with Crippen LogP contribution in [0, 0.1) is 0 Å². The van der Waals surface area contributed by atoms with Crippen LogP contribution in [-0.2, 0) is 0 Å². The summed E-state index contributed by atoms with van der Waals surface area (Å²) in [5.74, 6) is 0. The van der Waals surface area contributed by atoms with Gasteiger partial charge in [-0.25, -0.2) is 4.68 Å². The SMILES string of the molecule is CNC(c1ccoc1)c1ccn(-c2ccccc2)n1. The van der Waals surface area contributed by atoms with Gasteiger partial charge in [-0.3, -0.25) is 0 Å². The normalized spacial score (nSPS) is 12.5. The Hall–Kier alpha value is -2.33. The number of rotatable bonds is 4. The van der Waals surface area contributed by atoms with Gasteiger partial charge >= 0.3 is 0 Å². The van der Waals surface area contributed by atoms with Crippen molar-refractivity contribution >= 4 is 0 Å². The van der Waals surface area contributed by atoms with Crippen LogP contribution in [0.25, 0.3) is 5.69 Å². The maximum Gasteiger partial charge on any atom is 0.0954 e. The van der Waals surface area contributed by atoms with Crippen molar-refractivity contribution in [3.63, 3.8) is 0 Å². The van der Waals surface area contributed by atoms with Crippen LogP contribution in [0.3, 0.4) is 0 Å². The Morgan fingerprint density at radius 2 is 2.00 bits per heavy atom. The Morgan fingerprint density at radius 1 is 1.16 bits per heavy atom. The number of para-hydroxylation sites is 1. The van der Waals surface area contributed by atoms with E-state index in [2.05, 4.69) is 10.4 Å². The summed E-state index contributed by atoms with van der Waals surface area (Å²) in [4.78, 5) is 0. The van der Waals surface area contributed by atoms with Crippen LogP contribution in [0.15, 0.2) is 65.6 Å². The van der Waals surface area contributed by atoms with E-state index in [4.69, 9.17) is 4.42 Å². The summed E-state index contributed by atoms with van der Waals surface area (Å²) in [7, 11) is 1.92. The fourth-order valence-corrected chi connectivity index (χ4v) is 2.14. The lowest BCUT2D eigenvalue weighted by molar-refractivity contribution is 0.555. The molecule has 0 radical (unpaired) electrons. The molecule has 96 valence electrons. The highest BCUT2D eigenvalue weighted by molar-refractivity contribution is 5.32. The molecule has 4 nitrogen and oxygen atoms in total. The number of nitrogens with one attached hydrogen (secondary N) is 1. The quantitative estimate of drug-likeness (QED) is 0.777. The zero-order valence-electron chi connectivity index (χ0n) is 10.7. The van der Waals surface area contributed by atoms with Gasteiger partial charge in [-0.2, -0.15) is 5.10 Å². The van der Waals surface area contributed by atoms with Crippen molar-refractivity contribution in [1.29, 1.82) is 0 Å². The molecule has 0 aliphatic heterocycles. The van der Waals surface area contributed by atoms with Crippen molar-refractivity contribution in [2.24, 2.45) is 0 Å². The highest BCUT2D eigenvalue weighted by Crippen LogP contribution is 2.21. The second-order valence-corrected chi connectivity index (χ2v) is 4.30. The first-order chi connectivity index (χ1) is 9.38. The largest absolute Gasteiger partial charge is 0.472 e. The maximum atomic E-state index is 5.14. The highest BCUT2D eigenvalue weighted by Gasteiger charge is 2.16. The Morgan fingerprint density at radius 3 is 2.68 bits per heavy atom. The number of aromatic nitrogens is 2. The van der Waals surface area contributed by atoms with Crippen LogP contribution in [0.1, 0.15) is 17.3 Å². The molecular weight excluding hydrogens is 238 g/mol. The number of nitrogens with zero attached hydrogens (tertiary/aromatic N) is 2. The van der Waals surface area contributed by atoms with E-state index in [0.717, 1.165) is 16.9 Å². The fraction of sp³-hybridized carbons (Fsp3) is 0.133. The van der Waals surface area contributed by atoms with E-state index >= 15 is 0 Å². The molecule has 0 fully saturated rings. The van der Waals surface area contributed by atoms with Gasteiger partial charge in [0, 0.05) is 11.8 Å². The van der Waals surface area contributed by atoms with Crippen LogP contribution in [-0.4, -0.2) is 16.8 Å². The molecule has 1 unspecified atom stereocenters. The fourth-order valence-electron chi connectivity index (χ4n) is 2.14. The van der Waals surface area contributed by atoms with Crippen molar-refractivity contribution in [2.45, 2.75) is 6.04 Å². The lowest BCUT2D eigenvalue weighted by Crippen LogP contribution is -2.17. The average molecular weight is 253 g/mol. The van der Waals surface area contributed by atoms with Gasteiger partial charge in [0.25, 0.3) is 0 Å². The number of hydrogen-bond donors (Lipinski definition) is 1. The molecule has 3 aromatic rings. The first-order valence-corrected chi connectivity index (χ1v) is 6.19. The molecule has 0 saturated heterocycles. The van der Waals surface area contributed by atoms with Crippen molar-refractivity contribution in [2.75, 3.05) is 7.05 Å². The molecule has 0 aliphatic carbocycles. The van der Waals surface area contributed by atoms with Crippen molar-refractivity contribution in [3.05, 3.63) is 72.4 Å². The lowest BCUT2D eigenvalue weighted by Gasteiger charge is -2.11. The minimum absolute atomic E-state index is 0.0451. The molecule has 1 aromatic carbocycles. The van der Waals surface area contributed by atoms with E-state index in [1.54, 1.807) is 12.5 Å². The second kappa shape index (κ2) is 5.12. The van der Waals surface area contributed by atoms with Crippen molar-refractivity contribution in [1.82, 2.24) is 15.1 Å². The van der Waals surface area contributed by atoms with E-state index in [9.17, 15) is 0 Å². The van der Waals surface area contributed by atoms with E-state index in [1.165, 1.54) is 0 Å². The zero-order chi connectivity index (χ0) is 13.1. The Balaban J connectivity index is 1.93. The van der Waals surface area contributed by atoms with Gasteiger partial charge in [0.1, 0.15) is 0 Å². The molecule has 2 aromatic heterocycles. The van der Waals surface area contributed by atoms with Gasteiger partial charge in [-0.15, -0.1) is 0 Å². The Labute approximate surface area is 111 Å². The second-order valence-electron chi connectivity index (χ2n) is 4.30. The number of hydrogen-bond acceptors (Lipinski definition) is 3. The molecule has 1 atom stereocenters. The van der Waals surface area contributed by atoms with Crippen LogP contribution in [0.5, 0.6) is 0 Å². The molecule has 4 heteroatoms. The summed E-state index contributed by atoms with van der Waals surface area (Å²) in [6, 6.07) is 14.1. The third-order valence-electron chi connectivity index (χ3n) is 3.09. The number of benzene rings is 1. The van der Waals surface area contributed by atoms with Gasteiger partial charge in [-0.1, -0.05) is 18.2 Å². The van der Waals surface area contributed by atoms with Crippen LogP contribution in [0.2, 0.25) is 0 Å². The molecule has 19 heavy (non-hydrogen) atoms. The maximum absolute atomic E-state index is 5.14. The zero-order valence-corrected chi connectivity index (χ0v) is 10.7. The molecule has 0 amide bonds. The van der Waals surface area contributed by atoms with Gasteiger partial charge in [0.15, 0.2) is 0 Å². The number of furan rings is 1. The van der Waals surface area contributed by atoms with Crippen LogP contribution in [0.4, 0.5) is 0 Å². The Bertz CT molecular complexity index is 628. The lowest BCUT2D eigenvalue weighted by atomic mass is 10.1. The van der Waals surface area contributed by atoms with E-state index < -0.39 is 0 Å². The Kier molecular flexibility index (Phi) is 3.16. The smallest absolute Gasteiger partial charge is 0.0954 e. The summed E-state index contributed by atoms with van der Waals surface area (Å²) >= 11 is 0. The van der Waals surface area contributed by atoms with E-state index in [-0.39, 0.29) is 6.04 Å². The molecular formula is C15H15N3O. The molecule has 0 spiro atoms. The molecule has 0 bridgehead atoms. The van der Waals surface area contributed by atoms with Gasteiger partial charge in [0.05, 0.1) is 29.9 Å². The topological polar surface area (TPSA) is 43.0 Å². The molecule has 2 heterocycles. The third-order valence-corrected chi connectivity index (χ3v) is 3.09. The third kappa shape index (κ3) is 2.30. The average Bonchev–Trinajstić information content (AvgIpc) is 3.12. The molecule has 1 N–H and O–H groups in total. The first kappa shape index (κ1) is 11.7. The summed E-state index contributed by atoms with van der Waals surface area (Å²) in [5, 5.41) is 7.87. The monoisotopic (exact) mass is 253 g/mol. The van der Waals surface area contributed by atoms with Crippen molar-refractivity contribution in [3.8, 4) is 5.69 Å². The first-order valence-electron chi connectivity index (χ1n) is 6.19. The van der Waals surface area contributed by atoms with Gasteiger partial charge in [0.2, 0.25) is 0 Å². The molecule has 3 rings (SSSR count). The standard InChI is InChI=1S/C15H15N3O/c1-16-15(12-8-10-19-11-12)14-7-9-18(17-14)13-5-3-2-4-6-13/h2-11,15-16H,1H3. The van der Waals surface area contributed by atoms with Gasteiger partial charge < -0.3 is 9.73 Å². The minimum Gasteiger partial charge on any atom is -0.472 e. The predicted molar refractivity (Wildman–Crippen MR) is 73.2 cm³/mol. The van der Waals surface area contributed by atoms with Crippen molar-refractivity contribution < 1.29 is 4.42 Å². The van der Waals surface area contributed by atoms with E-state index in [0.29, 0.717) is 0 Å². The highest BCUT2D eigenvalue weighted by atomic mass is 16.3. The summed E-state index contributed by atoms with van der Waals surface area (Å²) < 4.78 is 7.01. The summed E-state index contributed by atoms with van der Waals surface area (Å²) in [5.41, 5.74) is 3.09. The minimum atomic E-state index is 0.0451. The van der Waals surface area contributed by atoms with Crippen LogP contribution >= 0.6 is 0 Å². The van der Waals surface area contributed by atoms with Gasteiger partial charge in [-0.05, 0) is 31.3 Å². The molecule has 0 saturated carbocycles. The van der Waals surface area contributed by atoms with Crippen LogP contribution < -0.4 is 5.32 Å². The predicted octanol–water partition coefficient (Wildman–Crippen LogP) is 2.77. The summed E-state index contributed by atoms with van der Waals surface area (Å²) in [6.45, 7) is 0. The van der Waals surface area contributed by atoms with E-state index in [1.807, 2.05) is 60.4 Å². The molecule has 0 aliphatic rings.